The van der Waals surface area contributed by atoms with Gasteiger partial charge >= 0.3 is 27.7 Å². The number of nitrogens with zero attached hydrogens (tertiary/aromatic N) is 1. The zero-order chi connectivity index (χ0) is 21.8. The molecule has 0 radical (unpaired) electrons. The molecular weight excluding hydrogens is 534 g/mol. The first-order chi connectivity index (χ1) is 13.5. The lowest BCUT2D eigenvalue weighted by molar-refractivity contribution is -0.155. The molecule has 8 nitrogen and oxygen atoms in total. The highest BCUT2D eigenvalue weighted by molar-refractivity contribution is 14.1. The quantitative estimate of drug-likeness (QED) is 0.240. The lowest BCUT2D eigenvalue weighted by atomic mass is 9.83. The maximum Gasteiger partial charge on any atom is 0.523 e. The smallest absolute Gasteiger partial charge is 0.469 e. The van der Waals surface area contributed by atoms with Crippen LogP contribution in [0.3, 0.4) is 0 Å². The van der Waals surface area contributed by atoms with Crippen LogP contribution in [0.15, 0.2) is 30.3 Å². The Bertz CT molecular complexity index is 835. The molecule has 0 spiro atoms. The van der Waals surface area contributed by atoms with Crippen molar-refractivity contribution in [2.45, 2.75) is 30.5 Å². The van der Waals surface area contributed by atoms with Gasteiger partial charge in [0.15, 0.2) is 23.0 Å². The van der Waals surface area contributed by atoms with Crippen LogP contribution in [-0.2, 0) is 33.3 Å². The molecule has 1 aromatic carbocycles. The summed E-state index contributed by atoms with van der Waals surface area (Å²) < 4.78 is 75.1. The van der Waals surface area contributed by atoms with Gasteiger partial charge in [-0.05, 0) is 18.4 Å². The van der Waals surface area contributed by atoms with E-state index in [4.69, 9.17) is 0 Å². The number of rotatable bonds is 5. The van der Waals surface area contributed by atoms with Crippen molar-refractivity contribution in [2.24, 2.45) is 5.92 Å². The number of methoxy groups -OCH3 is 1. The number of alkyl halides is 3. The van der Waals surface area contributed by atoms with Crippen LogP contribution in [0.4, 0.5) is 18.0 Å². The summed E-state index contributed by atoms with van der Waals surface area (Å²) in [5, 5.41) is 0. The summed E-state index contributed by atoms with van der Waals surface area (Å²) in [7, 11) is -4.95. The molecule has 1 aliphatic rings. The van der Waals surface area contributed by atoms with E-state index in [1.54, 1.807) is 30.3 Å². The molecule has 0 bridgehead atoms. The van der Waals surface area contributed by atoms with E-state index < -0.39 is 45.8 Å². The zero-order valence-electron chi connectivity index (χ0n) is 15.0. The molecule has 1 fully saturated rings. The van der Waals surface area contributed by atoms with Crippen molar-refractivity contribution in [3.8, 4) is 0 Å². The van der Waals surface area contributed by atoms with E-state index in [0.717, 1.165) is 12.0 Å². The second-order valence-corrected chi connectivity index (χ2v) is 8.17. The summed E-state index contributed by atoms with van der Waals surface area (Å²) in [4.78, 5) is 25.7. The van der Waals surface area contributed by atoms with E-state index in [1.165, 1.54) is 23.0 Å². The molecule has 1 aliphatic heterocycles. The molecule has 0 aromatic heterocycles. The first-order valence-electron chi connectivity index (χ1n) is 8.22. The van der Waals surface area contributed by atoms with E-state index in [9.17, 15) is 31.2 Å². The van der Waals surface area contributed by atoms with Gasteiger partial charge < -0.3 is 12.7 Å². The molecule has 2 rings (SSSR count). The van der Waals surface area contributed by atoms with Gasteiger partial charge in [-0.25, -0.2) is 4.79 Å². The molecule has 1 aromatic rings. The number of ether oxygens (including phenoxy) is 1. The maximum absolute atomic E-state index is 12.8. The Labute approximate surface area is 179 Å². The second-order valence-electron chi connectivity index (χ2n) is 6.17. The van der Waals surface area contributed by atoms with Crippen molar-refractivity contribution in [2.75, 3.05) is 13.7 Å². The van der Waals surface area contributed by atoms with Crippen LogP contribution in [0.25, 0.3) is 0 Å². The molecule has 1 heterocycles. The predicted molar refractivity (Wildman–Crippen MR) is 101 cm³/mol. The summed E-state index contributed by atoms with van der Waals surface area (Å²) in [5.74, 6) is -2.49. The third-order valence-corrected chi connectivity index (χ3v) is 5.91. The Morgan fingerprint density at radius 2 is 1.86 bits per heavy atom. The van der Waals surface area contributed by atoms with Gasteiger partial charge in [0.05, 0.1) is 19.3 Å². The second kappa shape index (κ2) is 9.47. The molecule has 0 aliphatic carbocycles. The Morgan fingerprint density at radius 3 is 2.38 bits per heavy atom. The third-order valence-electron chi connectivity index (χ3n) is 4.47. The van der Waals surface area contributed by atoms with Crippen LogP contribution in [0, 0.1) is 5.92 Å². The third kappa shape index (κ3) is 5.51. The molecule has 13 heteroatoms. The fourth-order valence-corrected chi connectivity index (χ4v) is 4.09. The Hall–Kier alpha value is -1.61. The van der Waals surface area contributed by atoms with Gasteiger partial charge in [0.25, 0.3) is 0 Å². The molecule has 162 valence electrons. The average molecular weight is 551 g/mol. The van der Waals surface area contributed by atoms with Crippen molar-refractivity contribution in [1.82, 2.24) is 4.90 Å². The minimum atomic E-state index is -5.96. The van der Waals surface area contributed by atoms with E-state index >= 15 is 0 Å². The van der Waals surface area contributed by atoms with Crippen LogP contribution in [0.1, 0.15) is 12.0 Å². The van der Waals surface area contributed by atoms with Crippen molar-refractivity contribution in [1.29, 1.82) is 0 Å². The van der Waals surface area contributed by atoms with Gasteiger partial charge in [-0.15, -0.1) is 0 Å². The van der Waals surface area contributed by atoms with Crippen molar-refractivity contribution >= 4 is 45.2 Å². The first-order valence-corrected chi connectivity index (χ1v) is 10.5. The normalized spacial score (nSPS) is 22.8. The van der Waals surface area contributed by atoms with Gasteiger partial charge in [-0.3, -0.25) is 8.98 Å². The largest absolute Gasteiger partial charge is 0.523 e. The highest BCUT2D eigenvalue weighted by atomic mass is 127. The van der Waals surface area contributed by atoms with Crippen LogP contribution in [0.5, 0.6) is 0 Å². The number of benzene rings is 1. The van der Waals surface area contributed by atoms with Gasteiger partial charge in [-0.2, -0.15) is 21.6 Å². The molecule has 1 amide bonds. The highest BCUT2D eigenvalue weighted by Gasteiger charge is 2.53. The SMILES string of the molecule is COC(=O)C1C(OS(=O)(=O)C(F)(F)F)CCN(C(=O)OI)C1Cc1ccccc1. The summed E-state index contributed by atoms with van der Waals surface area (Å²) in [6.07, 6.45) is -2.79. The van der Waals surface area contributed by atoms with Crippen molar-refractivity contribution in [3.63, 3.8) is 0 Å². The zero-order valence-corrected chi connectivity index (χ0v) is 17.9. The number of likely N-dealkylation sites (tertiary alicyclic amines) is 1. The Balaban J connectivity index is 2.44. The van der Waals surface area contributed by atoms with Crippen LogP contribution < -0.4 is 0 Å². The Kier molecular flexibility index (Phi) is 7.73. The summed E-state index contributed by atoms with van der Waals surface area (Å²) >= 11 is 1.35. The van der Waals surface area contributed by atoms with Gasteiger partial charge in [0.2, 0.25) is 0 Å². The number of carbonyl (C=O) groups is 2. The number of carbonyl (C=O) groups excluding carboxylic acids is 2. The number of piperidine rings is 1. The van der Waals surface area contributed by atoms with Gasteiger partial charge in [0, 0.05) is 6.54 Å². The number of halogens is 4. The summed E-state index contributed by atoms with van der Waals surface area (Å²) in [5.41, 5.74) is -4.99. The van der Waals surface area contributed by atoms with Crippen LogP contribution >= 0.6 is 23.0 Å². The standard InChI is InChI=1S/C16H17F3INO7S/c1-26-14(22)13-11(9-10-5-3-2-4-6-10)21(15(23)27-20)8-7-12(13)28-29(24,25)16(17,18)19/h2-6,11-13H,7-9H2,1H3. The number of hydrogen-bond acceptors (Lipinski definition) is 7. The van der Waals surface area contributed by atoms with Crippen LogP contribution in [0.2, 0.25) is 0 Å². The highest BCUT2D eigenvalue weighted by Crippen LogP contribution is 2.35. The molecule has 3 unspecified atom stereocenters. The monoisotopic (exact) mass is 551 g/mol. The average Bonchev–Trinajstić information content (AvgIpc) is 2.66. The van der Waals surface area contributed by atoms with Crippen molar-refractivity contribution in [3.05, 3.63) is 35.9 Å². The number of amides is 1. The maximum atomic E-state index is 12.8. The molecule has 29 heavy (non-hydrogen) atoms. The van der Waals surface area contributed by atoms with E-state index in [0.29, 0.717) is 5.56 Å². The molecular formula is C16H17F3INO7S. The van der Waals surface area contributed by atoms with Crippen LogP contribution in [-0.4, -0.2) is 56.7 Å². The number of esters is 1. The predicted octanol–water partition coefficient (Wildman–Crippen LogP) is 2.81. The minimum absolute atomic E-state index is 0.0400. The summed E-state index contributed by atoms with van der Waals surface area (Å²) in [6.45, 7) is -0.176. The first kappa shape index (κ1) is 23.7. The van der Waals surface area contributed by atoms with Gasteiger partial charge in [0.1, 0.15) is 5.92 Å². The molecule has 0 N–H and O–H groups in total. The van der Waals surface area contributed by atoms with Gasteiger partial charge in [-0.1, -0.05) is 30.3 Å². The number of hydrogen-bond donors (Lipinski definition) is 0. The summed E-state index contributed by atoms with van der Waals surface area (Å²) in [6, 6.07) is 7.48. The fourth-order valence-electron chi connectivity index (χ4n) is 3.19. The van der Waals surface area contributed by atoms with E-state index in [-0.39, 0.29) is 19.4 Å². The Morgan fingerprint density at radius 1 is 1.24 bits per heavy atom. The fraction of sp³-hybridized carbons (Fsp3) is 0.500. The molecule has 0 saturated carbocycles. The topological polar surface area (TPSA) is 99.2 Å². The molecule has 3 atom stereocenters. The lowest BCUT2D eigenvalue weighted by Crippen LogP contribution is -2.58. The molecule has 1 saturated heterocycles. The van der Waals surface area contributed by atoms with E-state index in [2.05, 4.69) is 12.0 Å². The lowest BCUT2D eigenvalue weighted by Gasteiger charge is -2.42. The van der Waals surface area contributed by atoms with E-state index in [1.807, 2.05) is 0 Å². The van der Waals surface area contributed by atoms with Crippen molar-refractivity contribution < 1.29 is 43.2 Å². The minimum Gasteiger partial charge on any atom is -0.469 e.